The Kier molecular flexibility index (Phi) is 7.04. The number of allylic oxidation sites excluding steroid dienone is 1. The Morgan fingerprint density at radius 3 is 2.74 bits per heavy atom. The van der Waals surface area contributed by atoms with E-state index in [4.69, 9.17) is 4.74 Å². The van der Waals surface area contributed by atoms with E-state index in [9.17, 15) is 15.0 Å². The second kappa shape index (κ2) is 9.28. The summed E-state index contributed by atoms with van der Waals surface area (Å²) in [5.41, 5.74) is 1.13. The van der Waals surface area contributed by atoms with Gasteiger partial charge in [-0.1, -0.05) is 48.6 Å². The maximum Gasteiger partial charge on any atom is 0.330 e. The van der Waals surface area contributed by atoms with Gasteiger partial charge in [-0.3, -0.25) is 0 Å². The van der Waals surface area contributed by atoms with Gasteiger partial charge < -0.3 is 14.9 Å². The third-order valence-corrected chi connectivity index (χ3v) is 3.79. The van der Waals surface area contributed by atoms with Crippen molar-refractivity contribution in [3.05, 3.63) is 54.1 Å². The van der Waals surface area contributed by atoms with Crippen molar-refractivity contribution in [2.24, 2.45) is 0 Å². The normalized spacial score (nSPS) is 20.4. The first-order valence-corrected chi connectivity index (χ1v) is 8.08. The zero-order chi connectivity index (χ0) is 16.5. The maximum atomic E-state index is 11.1. The molecule has 0 spiro atoms. The van der Waals surface area contributed by atoms with Gasteiger partial charge in [0.15, 0.2) is 0 Å². The first kappa shape index (κ1) is 17.4. The summed E-state index contributed by atoms with van der Waals surface area (Å²) in [6.45, 7) is 0. The molecule has 1 aliphatic heterocycles. The Hall–Kier alpha value is -1.91. The lowest BCUT2D eigenvalue weighted by atomic mass is 10.00. The van der Waals surface area contributed by atoms with Crippen molar-refractivity contribution in [2.75, 3.05) is 0 Å². The SMILES string of the molecule is O=C1C=CC[C@H](C[C@H](O)C[C@@H](O)CC/C=C/c2ccccc2)O1. The van der Waals surface area contributed by atoms with E-state index in [1.807, 2.05) is 42.5 Å². The first-order chi connectivity index (χ1) is 11.1. The second-order valence-corrected chi connectivity index (χ2v) is 5.87. The molecule has 1 aliphatic rings. The van der Waals surface area contributed by atoms with E-state index < -0.39 is 12.2 Å². The van der Waals surface area contributed by atoms with Crippen LogP contribution in [-0.2, 0) is 9.53 Å². The molecule has 2 rings (SSSR count). The predicted octanol–water partition coefficient (Wildman–Crippen LogP) is 2.85. The van der Waals surface area contributed by atoms with E-state index >= 15 is 0 Å². The zero-order valence-corrected chi connectivity index (χ0v) is 13.2. The van der Waals surface area contributed by atoms with E-state index in [1.54, 1.807) is 6.08 Å². The molecule has 0 aromatic heterocycles. The average Bonchev–Trinajstić information content (AvgIpc) is 2.52. The lowest BCUT2D eigenvalue weighted by Gasteiger charge is -2.22. The highest BCUT2D eigenvalue weighted by molar-refractivity contribution is 5.82. The molecule has 0 unspecified atom stereocenters. The zero-order valence-electron chi connectivity index (χ0n) is 13.2. The fourth-order valence-electron chi connectivity index (χ4n) is 2.62. The highest BCUT2D eigenvalue weighted by Gasteiger charge is 2.21. The highest BCUT2D eigenvalue weighted by Crippen LogP contribution is 2.17. The standard InChI is InChI=1S/C19H24O4/c20-16(10-5-4-9-15-7-2-1-3-8-15)13-17(21)14-18-11-6-12-19(22)23-18/h1-4,6-9,12,16-18,20-21H,5,10-11,13-14H2/b9-4+/t16-,17+,18+/m0/s1. The summed E-state index contributed by atoms with van der Waals surface area (Å²) in [4.78, 5) is 11.1. The molecule has 124 valence electrons. The number of aliphatic hydroxyl groups is 2. The molecule has 23 heavy (non-hydrogen) atoms. The molecule has 0 amide bonds. The van der Waals surface area contributed by atoms with Crippen LogP contribution in [0.2, 0.25) is 0 Å². The summed E-state index contributed by atoms with van der Waals surface area (Å²) in [7, 11) is 0. The monoisotopic (exact) mass is 316 g/mol. The van der Waals surface area contributed by atoms with Crippen LogP contribution in [0.1, 0.15) is 37.7 Å². The van der Waals surface area contributed by atoms with Gasteiger partial charge >= 0.3 is 5.97 Å². The van der Waals surface area contributed by atoms with Crippen molar-refractivity contribution >= 4 is 12.0 Å². The van der Waals surface area contributed by atoms with Crippen molar-refractivity contribution < 1.29 is 19.7 Å². The van der Waals surface area contributed by atoms with E-state index in [2.05, 4.69) is 0 Å². The Labute approximate surface area is 137 Å². The number of hydrogen-bond acceptors (Lipinski definition) is 4. The molecule has 3 atom stereocenters. The van der Waals surface area contributed by atoms with E-state index in [-0.39, 0.29) is 12.1 Å². The van der Waals surface area contributed by atoms with Gasteiger partial charge in [0.1, 0.15) is 6.10 Å². The van der Waals surface area contributed by atoms with Crippen molar-refractivity contribution in [1.82, 2.24) is 0 Å². The average molecular weight is 316 g/mol. The van der Waals surface area contributed by atoms with Gasteiger partial charge in [-0.2, -0.15) is 0 Å². The smallest absolute Gasteiger partial charge is 0.330 e. The number of esters is 1. The lowest BCUT2D eigenvalue weighted by Crippen LogP contribution is -2.27. The first-order valence-electron chi connectivity index (χ1n) is 8.08. The largest absolute Gasteiger partial charge is 0.459 e. The molecule has 0 saturated heterocycles. The van der Waals surface area contributed by atoms with Gasteiger partial charge in [-0.15, -0.1) is 0 Å². The van der Waals surface area contributed by atoms with Crippen LogP contribution >= 0.6 is 0 Å². The third kappa shape index (κ3) is 6.80. The Morgan fingerprint density at radius 2 is 2.00 bits per heavy atom. The van der Waals surface area contributed by atoms with Crippen LogP contribution in [0.4, 0.5) is 0 Å². The number of rotatable bonds is 8. The molecule has 1 aromatic carbocycles. The summed E-state index contributed by atoms with van der Waals surface area (Å²) in [6.07, 6.45) is 8.36. The van der Waals surface area contributed by atoms with Crippen LogP contribution in [0.5, 0.6) is 0 Å². The van der Waals surface area contributed by atoms with Crippen molar-refractivity contribution in [3.63, 3.8) is 0 Å². The minimum absolute atomic E-state index is 0.285. The Morgan fingerprint density at radius 1 is 1.22 bits per heavy atom. The van der Waals surface area contributed by atoms with Gasteiger partial charge in [-0.05, 0) is 24.8 Å². The van der Waals surface area contributed by atoms with Crippen molar-refractivity contribution in [1.29, 1.82) is 0 Å². The van der Waals surface area contributed by atoms with E-state index in [0.717, 1.165) is 12.0 Å². The van der Waals surface area contributed by atoms with Gasteiger partial charge in [-0.25, -0.2) is 4.79 Å². The minimum atomic E-state index is -0.660. The van der Waals surface area contributed by atoms with Gasteiger partial charge in [0.25, 0.3) is 0 Å². The Bertz CT molecular complexity index is 536. The molecular weight excluding hydrogens is 292 g/mol. The number of ether oxygens (including phenoxy) is 1. The van der Waals surface area contributed by atoms with Crippen LogP contribution in [-0.4, -0.2) is 34.5 Å². The van der Waals surface area contributed by atoms with Crippen LogP contribution in [0.3, 0.4) is 0 Å². The molecule has 1 heterocycles. The minimum Gasteiger partial charge on any atom is -0.459 e. The molecule has 0 saturated carbocycles. The van der Waals surface area contributed by atoms with Crippen LogP contribution < -0.4 is 0 Å². The highest BCUT2D eigenvalue weighted by atomic mass is 16.5. The fraction of sp³-hybridized carbons (Fsp3) is 0.421. The molecule has 0 bridgehead atoms. The lowest BCUT2D eigenvalue weighted by molar-refractivity contribution is -0.145. The molecule has 1 aromatic rings. The second-order valence-electron chi connectivity index (χ2n) is 5.87. The van der Waals surface area contributed by atoms with E-state index in [0.29, 0.717) is 25.7 Å². The third-order valence-electron chi connectivity index (χ3n) is 3.79. The number of aliphatic hydroxyl groups excluding tert-OH is 2. The van der Waals surface area contributed by atoms with Crippen LogP contribution in [0.25, 0.3) is 6.08 Å². The summed E-state index contributed by atoms with van der Waals surface area (Å²) < 4.78 is 5.11. The molecule has 0 fully saturated rings. The Balaban J connectivity index is 1.64. The molecule has 0 aliphatic carbocycles. The fourth-order valence-corrected chi connectivity index (χ4v) is 2.62. The number of carbonyl (C=O) groups excluding carboxylic acids is 1. The number of benzene rings is 1. The number of cyclic esters (lactones) is 1. The summed E-state index contributed by atoms with van der Waals surface area (Å²) in [5, 5.41) is 20.0. The summed E-state index contributed by atoms with van der Waals surface area (Å²) in [6, 6.07) is 9.99. The predicted molar refractivity (Wildman–Crippen MR) is 89.6 cm³/mol. The summed E-state index contributed by atoms with van der Waals surface area (Å²) >= 11 is 0. The molecule has 4 nitrogen and oxygen atoms in total. The molecule has 0 radical (unpaired) electrons. The van der Waals surface area contributed by atoms with Crippen LogP contribution in [0, 0.1) is 0 Å². The number of hydrogen-bond donors (Lipinski definition) is 2. The van der Waals surface area contributed by atoms with E-state index in [1.165, 1.54) is 6.08 Å². The van der Waals surface area contributed by atoms with Gasteiger partial charge in [0.2, 0.25) is 0 Å². The molecular formula is C19H24O4. The van der Waals surface area contributed by atoms with Crippen molar-refractivity contribution in [3.8, 4) is 0 Å². The topological polar surface area (TPSA) is 66.8 Å². The van der Waals surface area contributed by atoms with Crippen molar-refractivity contribution in [2.45, 2.75) is 50.4 Å². The molecule has 2 N–H and O–H groups in total. The summed E-state index contributed by atoms with van der Waals surface area (Å²) in [5.74, 6) is -0.361. The van der Waals surface area contributed by atoms with Gasteiger partial charge in [0.05, 0.1) is 12.2 Å². The van der Waals surface area contributed by atoms with Gasteiger partial charge in [0, 0.05) is 18.9 Å². The number of carbonyl (C=O) groups is 1. The maximum absolute atomic E-state index is 11.1. The quantitative estimate of drug-likeness (QED) is 0.724. The van der Waals surface area contributed by atoms with Crippen LogP contribution in [0.15, 0.2) is 48.6 Å². The molecule has 4 heteroatoms.